The first-order valence-corrected chi connectivity index (χ1v) is 10.7. The van der Waals surface area contributed by atoms with E-state index in [9.17, 15) is 18.0 Å². The van der Waals surface area contributed by atoms with Gasteiger partial charge < -0.3 is 16.4 Å². The van der Waals surface area contributed by atoms with E-state index in [1.54, 1.807) is 42.5 Å². The van der Waals surface area contributed by atoms with Crippen molar-refractivity contribution in [3.8, 4) is 0 Å². The number of rotatable bonds is 8. The van der Waals surface area contributed by atoms with Crippen molar-refractivity contribution in [3.63, 3.8) is 0 Å². The van der Waals surface area contributed by atoms with Crippen LogP contribution in [-0.2, 0) is 0 Å². The minimum absolute atomic E-state index is 0.246. The molecular weight excluding hydrogens is 487 g/mol. The fourth-order valence-corrected chi connectivity index (χ4v) is 2.84. The Bertz CT molecular complexity index is 1070. The summed E-state index contributed by atoms with van der Waals surface area (Å²) in [6.45, 7) is 1.10. The lowest BCUT2D eigenvalue weighted by Gasteiger charge is -2.14. The zero-order valence-electron chi connectivity index (χ0n) is 17.9. The molecule has 0 radical (unpaired) electrons. The molecule has 0 aliphatic rings. The highest BCUT2D eigenvalue weighted by Crippen LogP contribution is 2.13. The number of primary amides is 1. The first-order valence-electron chi connectivity index (χ1n) is 9.86. The molecule has 0 aromatic heterocycles. The van der Waals surface area contributed by atoms with Crippen molar-refractivity contribution in [2.75, 3.05) is 13.1 Å². The maximum atomic E-state index is 12.5. The predicted octanol–water partition coefficient (Wildman–Crippen LogP) is 2.40. The van der Waals surface area contributed by atoms with E-state index in [2.05, 4.69) is 26.4 Å². The van der Waals surface area contributed by atoms with Crippen molar-refractivity contribution in [1.29, 1.82) is 0 Å². The minimum Gasteiger partial charge on any atom is -0.366 e. The maximum absolute atomic E-state index is 12.5. The van der Waals surface area contributed by atoms with Crippen LogP contribution in [0.4, 0.5) is 13.2 Å². The van der Waals surface area contributed by atoms with Crippen LogP contribution in [0.15, 0.2) is 64.8 Å². The van der Waals surface area contributed by atoms with E-state index in [1.165, 1.54) is 12.1 Å². The maximum Gasteiger partial charge on any atom is 0.405 e. The average Bonchev–Trinajstić information content (AvgIpc) is 2.80. The molecule has 0 spiro atoms. The largest absolute Gasteiger partial charge is 0.405 e. The lowest BCUT2D eigenvalue weighted by Crippen LogP contribution is -2.39. The number of nitrogens with one attached hydrogen (secondary N) is 4. The Labute approximate surface area is 204 Å². The molecule has 2 aromatic rings. The Kier molecular flexibility index (Phi) is 9.89. The predicted molar refractivity (Wildman–Crippen MR) is 134 cm³/mol. The second-order valence-electron chi connectivity index (χ2n) is 6.61. The van der Waals surface area contributed by atoms with Crippen molar-refractivity contribution >= 4 is 52.0 Å². The number of benzene rings is 2. The quantitative estimate of drug-likeness (QED) is 0.211. The van der Waals surface area contributed by atoms with Gasteiger partial charge in [0.15, 0.2) is 10.2 Å². The highest BCUT2D eigenvalue weighted by molar-refractivity contribution is 7.80. The van der Waals surface area contributed by atoms with Gasteiger partial charge in [-0.2, -0.15) is 23.4 Å². The summed E-state index contributed by atoms with van der Waals surface area (Å²) in [5.41, 5.74) is 12.4. The molecule has 1 amide bonds. The number of hydrogen-bond donors (Lipinski definition) is 5. The van der Waals surface area contributed by atoms with Gasteiger partial charge in [0.05, 0.1) is 0 Å². The number of halogens is 3. The second-order valence-corrected chi connectivity index (χ2v) is 7.43. The van der Waals surface area contributed by atoms with Crippen molar-refractivity contribution in [3.05, 3.63) is 71.3 Å². The van der Waals surface area contributed by atoms with Gasteiger partial charge in [-0.15, -0.1) is 0 Å². The van der Waals surface area contributed by atoms with Crippen LogP contribution in [0.2, 0.25) is 0 Å². The first-order chi connectivity index (χ1) is 16.1. The Morgan fingerprint density at radius 3 is 1.79 bits per heavy atom. The molecule has 2 rings (SSSR count). The number of nitrogens with two attached hydrogens (primary N) is 1. The molecule has 0 saturated heterocycles. The van der Waals surface area contributed by atoms with Gasteiger partial charge in [0.2, 0.25) is 5.91 Å². The van der Waals surface area contributed by atoms with Crippen LogP contribution in [0.1, 0.15) is 28.4 Å². The molecule has 8 nitrogen and oxygen atoms in total. The fourth-order valence-electron chi connectivity index (χ4n) is 2.53. The van der Waals surface area contributed by atoms with Crippen LogP contribution >= 0.6 is 24.4 Å². The average molecular weight is 510 g/mol. The van der Waals surface area contributed by atoms with Crippen molar-refractivity contribution in [1.82, 2.24) is 21.5 Å². The Balaban J connectivity index is 2.49. The monoisotopic (exact) mass is 509 g/mol. The smallest absolute Gasteiger partial charge is 0.366 e. The number of carbonyl (C=O) groups is 1. The Morgan fingerprint density at radius 2 is 1.32 bits per heavy atom. The SMILES string of the molecule is CCNC(=S)NN=C(C(=NNC(=S)NCC(F)(F)F)c1ccccc1)c1ccc(C(N)=O)cc1. The lowest BCUT2D eigenvalue weighted by molar-refractivity contribution is -0.122. The number of alkyl halides is 3. The molecule has 2 aromatic carbocycles. The number of hydrogen-bond acceptors (Lipinski definition) is 5. The third-order valence-electron chi connectivity index (χ3n) is 4.04. The third kappa shape index (κ3) is 8.75. The number of thiocarbonyl (C=S) groups is 2. The van der Waals surface area contributed by atoms with E-state index in [-0.39, 0.29) is 27.2 Å². The first kappa shape index (κ1) is 26.7. The van der Waals surface area contributed by atoms with E-state index in [4.69, 9.17) is 30.2 Å². The molecule has 0 saturated carbocycles. The Morgan fingerprint density at radius 1 is 0.853 bits per heavy atom. The van der Waals surface area contributed by atoms with Crippen LogP contribution in [-0.4, -0.2) is 46.8 Å². The van der Waals surface area contributed by atoms with Crippen molar-refractivity contribution in [2.45, 2.75) is 13.1 Å². The van der Waals surface area contributed by atoms with E-state index in [1.807, 2.05) is 12.2 Å². The van der Waals surface area contributed by atoms with Crippen LogP contribution in [0, 0.1) is 0 Å². The summed E-state index contributed by atoms with van der Waals surface area (Å²) < 4.78 is 37.5. The zero-order valence-corrected chi connectivity index (χ0v) is 19.6. The molecule has 34 heavy (non-hydrogen) atoms. The van der Waals surface area contributed by atoms with Crippen LogP contribution in [0.25, 0.3) is 0 Å². The van der Waals surface area contributed by atoms with Gasteiger partial charge in [-0.05, 0) is 43.5 Å². The summed E-state index contributed by atoms with van der Waals surface area (Å²) in [4.78, 5) is 11.5. The minimum atomic E-state index is -4.45. The van der Waals surface area contributed by atoms with Gasteiger partial charge >= 0.3 is 6.18 Å². The second kappa shape index (κ2) is 12.6. The molecule has 0 aliphatic heterocycles. The number of hydrazone groups is 2. The molecule has 0 atom stereocenters. The van der Waals surface area contributed by atoms with E-state index in [0.717, 1.165) is 0 Å². The van der Waals surface area contributed by atoms with Gasteiger partial charge in [-0.3, -0.25) is 15.6 Å². The molecule has 180 valence electrons. The molecule has 0 unspecified atom stereocenters. The third-order valence-corrected chi connectivity index (χ3v) is 4.51. The van der Waals surface area contributed by atoms with Gasteiger partial charge in [-0.1, -0.05) is 42.5 Å². The van der Waals surface area contributed by atoms with E-state index in [0.29, 0.717) is 17.7 Å². The molecular formula is C21H22F3N7OS2. The molecule has 6 N–H and O–H groups in total. The Hall–Kier alpha value is -3.58. The molecule has 0 heterocycles. The highest BCUT2D eigenvalue weighted by Gasteiger charge is 2.27. The molecule has 0 aliphatic carbocycles. The van der Waals surface area contributed by atoms with E-state index < -0.39 is 18.6 Å². The topological polar surface area (TPSA) is 116 Å². The van der Waals surface area contributed by atoms with Crippen molar-refractivity contribution < 1.29 is 18.0 Å². The van der Waals surface area contributed by atoms with Crippen LogP contribution in [0.5, 0.6) is 0 Å². The molecule has 0 fully saturated rings. The summed E-state index contributed by atoms with van der Waals surface area (Å²) in [5.74, 6) is -0.601. The number of amides is 1. The van der Waals surface area contributed by atoms with Crippen molar-refractivity contribution in [2.24, 2.45) is 15.9 Å². The summed E-state index contributed by atoms with van der Waals surface area (Å²) in [7, 11) is 0. The van der Waals surface area contributed by atoms with Gasteiger partial charge in [-0.25, -0.2) is 0 Å². The summed E-state index contributed by atoms with van der Waals surface area (Å²) in [5, 5.41) is 13.4. The van der Waals surface area contributed by atoms with Crippen LogP contribution < -0.4 is 27.2 Å². The lowest BCUT2D eigenvalue weighted by atomic mass is 9.99. The summed E-state index contributed by atoms with van der Waals surface area (Å²) in [6, 6.07) is 15.0. The highest BCUT2D eigenvalue weighted by atomic mass is 32.1. The number of carbonyl (C=O) groups excluding carboxylic acids is 1. The summed E-state index contributed by atoms with van der Waals surface area (Å²) in [6.07, 6.45) is -4.45. The van der Waals surface area contributed by atoms with Gasteiger partial charge in [0.1, 0.15) is 18.0 Å². The van der Waals surface area contributed by atoms with Gasteiger partial charge in [0.25, 0.3) is 0 Å². The zero-order chi connectivity index (χ0) is 25.1. The normalized spacial score (nSPS) is 12.0. The number of nitrogens with zero attached hydrogens (tertiary/aromatic N) is 2. The molecule has 13 heteroatoms. The molecule has 0 bridgehead atoms. The van der Waals surface area contributed by atoms with Gasteiger partial charge in [0, 0.05) is 23.2 Å². The standard InChI is InChI=1S/C21H22F3N7OS2/c1-2-26-19(33)30-29-17(14-8-10-15(11-9-14)18(25)32)16(13-6-4-3-5-7-13)28-31-20(34)27-12-21(22,23)24/h3-11H,2,12H2,1H3,(H2,25,32)(H2,26,30,33)(H2,27,31,34). The summed E-state index contributed by atoms with van der Waals surface area (Å²) >= 11 is 10.1. The van der Waals surface area contributed by atoms with Crippen LogP contribution in [0.3, 0.4) is 0 Å². The van der Waals surface area contributed by atoms with E-state index >= 15 is 0 Å². The fraction of sp³-hybridized carbons (Fsp3) is 0.190.